The van der Waals surface area contributed by atoms with Gasteiger partial charge in [0.15, 0.2) is 0 Å². The minimum Gasteiger partial charge on any atom is -0.310 e. The lowest BCUT2D eigenvalue weighted by atomic mass is 9.70. The Kier molecular flexibility index (Phi) is 10.2. The Morgan fingerprint density at radius 3 is 1.39 bits per heavy atom. The van der Waals surface area contributed by atoms with Crippen molar-refractivity contribution in [1.82, 2.24) is 4.57 Å². The second-order valence-electron chi connectivity index (χ2n) is 21.1. The first kappa shape index (κ1) is 45.0. The van der Waals surface area contributed by atoms with Crippen LogP contribution in [0.2, 0.25) is 0 Å². The fourth-order valence-corrected chi connectivity index (χ4v) is 13.6. The van der Waals surface area contributed by atoms with Crippen LogP contribution in [0.15, 0.2) is 303 Å². The molecule has 368 valence electrons. The highest BCUT2D eigenvalue weighted by Crippen LogP contribution is 2.63. The van der Waals surface area contributed by atoms with Crippen LogP contribution in [0.25, 0.3) is 105 Å². The van der Waals surface area contributed by atoms with Crippen LogP contribution in [0.3, 0.4) is 0 Å². The fourth-order valence-electron chi connectivity index (χ4n) is 13.6. The average molecular weight is 1000 g/mol. The van der Waals surface area contributed by atoms with E-state index in [0.717, 1.165) is 33.9 Å². The van der Waals surface area contributed by atoms with Gasteiger partial charge in [-0.05, 0) is 161 Å². The molecule has 0 radical (unpaired) electrons. The van der Waals surface area contributed by atoms with Gasteiger partial charge in [0.25, 0.3) is 0 Å². The fraction of sp³-hybridized carbons (Fsp3) is 0.0130. The lowest BCUT2D eigenvalue weighted by molar-refractivity contribution is 0.793. The largest absolute Gasteiger partial charge is 0.310 e. The summed E-state index contributed by atoms with van der Waals surface area (Å²) in [6.45, 7) is 0. The third-order valence-electron chi connectivity index (χ3n) is 17.0. The van der Waals surface area contributed by atoms with Crippen molar-refractivity contribution in [2.24, 2.45) is 0 Å². The summed E-state index contributed by atoms with van der Waals surface area (Å²) in [5.74, 6) is 0. The molecule has 16 rings (SSSR count). The van der Waals surface area contributed by atoms with Crippen LogP contribution in [0, 0.1) is 0 Å². The number of hydrogen-bond acceptors (Lipinski definition) is 1. The van der Waals surface area contributed by atoms with Gasteiger partial charge in [-0.3, -0.25) is 0 Å². The van der Waals surface area contributed by atoms with Gasteiger partial charge in [0, 0.05) is 33.2 Å². The second-order valence-corrected chi connectivity index (χ2v) is 21.1. The zero-order valence-electron chi connectivity index (χ0n) is 43.3. The number of benzene rings is 13. The van der Waals surface area contributed by atoms with E-state index in [-0.39, 0.29) is 0 Å². The first-order valence-electron chi connectivity index (χ1n) is 27.4. The number of hydrogen-bond donors (Lipinski definition) is 0. The van der Waals surface area contributed by atoms with Gasteiger partial charge in [-0.25, -0.2) is 0 Å². The van der Waals surface area contributed by atoms with E-state index >= 15 is 0 Å². The Morgan fingerprint density at radius 1 is 0.241 bits per heavy atom. The molecule has 13 aromatic carbocycles. The van der Waals surface area contributed by atoms with Crippen LogP contribution in [-0.2, 0) is 5.41 Å². The molecule has 0 saturated heterocycles. The van der Waals surface area contributed by atoms with Crippen LogP contribution in [0.1, 0.15) is 22.3 Å². The molecule has 2 nitrogen and oxygen atoms in total. The predicted octanol–water partition coefficient (Wildman–Crippen LogP) is 20.4. The smallest absolute Gasteiger partial charge is 0.0726 e. The molecule has 79 heavy (non-hydrogen) atoms. The van der Waals surface area contributed by atoms with Gasteiger partial charge in [0.05, 0.1) is 22.1 Å². The standard InChI is InChI=1S/C77H50N2/c1-3-19-51(20-4-1)52-37-40-58(41-38-52)79-74-36-16-12-32-68(74)69-49-57(39-45-76(69)79)55-24-17-23-54(47-55)56-25-18-26-59(48-56)78(75-46-44-61(53-21-5-2-6-22-53)62-27-7-8-31-67(62)75)60-42-43-66-65-30-11-15-35-72(65)77(73(66)50-60)70-33-13-9-28-63(70)64-29-10-14-34-71(64)77/h1-50H. The average Bonchev–Trinajstić information content (AvgIpc) is 3.54. The molecule has 0 aliphatic heterocycles. The highest BCUT2D eigenvalue weighted by atomic mass is 15.1. The van der Waals surface area contributed by atoms with Crippen molar-refractivity contribution < 1.29 is 0 Å². The number of aromatic nitrogens is 1. The Labute approximate surface area is 460 Å². The molecule has 1 aromatic heterocycles. The summed E-state index contributed by atoms with van der Waals surface area (Å²) in [6.07, 6.45) is 0. The predicted molar refractivity (Wildman–Crippen MR) is 331 cm³/mol. The normalized spacial score (nSPS) is 12.7. The van der Waals surface area contributed by atoms with Gasteiger partial charge >= 0.3 is 0 Å². The van der Waals surface area contributed by atoms with E-state index in [9.17, 15) is 0 Å². The zero-order chi connectivity index (χ0) is 52.0. The molecule has 0 unspecified atom stereocenters. The van der Waals surface area contributed by atoms with Crippen LogP contribution < -0.4 is 4.90 Å². The Balaban J connectivity index is 0.844. The summed E-state index contributed by atoms with van der Waals surface area (Å²) in [5.41, 5.74) is 26.4. The quantitative estimate of drug-likeness (QED) is 0.147. The number of para-hydroxylation sites is 1. The van der Waals surface area contributed by atoms with Gasteiger partial charge < -0.3 is 9.47 Å². The lowest BCUT2D eigenvalue weighted by Gasteiger charge is -2.32. The molecule has 0 bridgehead atoms. The van der Waals surface area contributed by atoms with Gasteiger partial charge in [0.1, 0.15) is 0 Å². The molecular formula is C77H50N2. The van der Waals surface area contributed by atoms with Gasteiger partial charge in [0.2, 0.25) is 0 Å². The van der Waals surface area contributed by atoms with Crippen molar-refractivity contribution in [1.29, 1.82) is 0 Å². The Hall–Kier alpha value is -10.3. The molecule has 0 fully saturated rings. The van der Waals surface area contributed by atoms with Crippen molar-refractivity contribution in [3.63, 3.8) is 0 Å². The second kappa shape index (κ2) is 17.9. The van der Waals surface area contributed by atoms with Crippen LogP contribution in [0.4, 0.5) is 17.1 Å². The van der Waals surface area contributed by atoms with E-state index in [2.05, 4.69) is 313 Å². The summed E-state index contributed by atoms with van der Waals surface area (Å²) in [6, 6.07) is 112. The highest BCUT2D eigenvalue weighted by Gasteiger charge is 2.51. The highest BCUT2D eigenvalue weighted by molar-refractivity contribution is 6.11. The maximum Gasteiger partial charge on any atom is 0.0726 e. The van der Waals surface area contributed by atoms with E-state index in [4.69, 9.17) is 0 Å². The monoisotopic (exact) mass is 1000 g/mol. The van der Waals surface area contributed by atoms with Crippen molar-refractivity contribution in [2.45, 2.75) is 5.41 Å². The minimum atomic E-state index is -0.478. The molecule has 0 N–H and O–H groups in total. The minimum absolute atomic E-state index is 0.478. The first-order valence-corrected chi connectivity index (χ1v) is 27.4. The third kappa shape index (κ3) is 6.91. The van der Waals surface area contributed by atoms with Gasteiger partial charge in [-0.2, -0.15) is 0 Å². The molecule has 14 aromatic rings. The maximum atomic E-state index is 2.51. The van der Waals surface area contributed by atoms with E-state index in [1.807, 2.05) is 0 Å². The number of anilines is 3. The van der Waals surface area contributed by atoms with E-state index < -0.39 is 5.41 Å². The van der Waals surface area contributed by atoms with Crippen molar-refractivity contribution in [3.05, 3.63) is 326 Å². The van der Waals surface area contributed by atoms with Crippen LogP contribution >= 0.6 is 0 Å². The summed E-state index contributed by atoms with van der Waals surface area (Å²) < 4.78 is 2.40. The molecule has 0 saturated carbocycles. The Morgan fingerprint density at radius 2 is 0.709 bits per heavy atom. The molecule has 1 heterocycles. The van der Waals surface area contributed by atoms with E-state index in [1.54, 1.807) is 0 Å². The molecule has 1 spiro atoms. The van der Waals surface area contributed by atoms with Crippen molar-refractivity contribution in [3.8, 4) is 72.4 Å². The van der Waals surface area contributed by atoms with Crippen molar-refractivity contribution in [2.75, 3.05) is 4.90 Å². The SMILES string of the molecule is c1ccc(-c2ccc(-n3c4ccccc4c4cc(-c5cccc(-c6cccc(N(c7ccc8c(c7)C7(c9ccccc9-c9ccccc97)c7ccccc7-8)c7ccc(-c8ccccc8)c8ccccc78)c6)c5)ccc43)cc2)cc1. The van der Waals surface area contributed by atoms with Crippen LogP contribution in [-0.4, -0.2) is 4.57 Å². The topological polar surface area (TPSA) is 8.17 Å². The van der Waals surface area contributed by atoms with Crippen molar-refractivity contribution >= 4 is 49.6 Å². The number of rotatable bonds is 8. The first-order chi connectivity index (χ1) is 39.2. The number of nitrogens with zero attached hydrogens (tertiary/aromatic N) is 2. The molecule has 2 heteroatoms. The lowest BCUT2D eigenvalue weighted by Crippen LogP contribution is -2.26. The maximum absolute atomic E-state index is 2.51. The summed E-state index contributed by atoms with van der Waals surface area (Å²) in [7, 11) is 0. The van der Waals surface area contributed by atoms with Crippen LogP contribution in [0.5, 0.6) is 0 Å². The molecule has 0 atom stereocenters. The zero-order valence-corrected chi connectivity index (χ0v) is 43.3. The molecule has 0 amide bonds. The third-order valence-corrected chi connectivity index (χ3v) is 17.0. The Bertz CT molecular complexity index is 4650. The van der Waals surface area contributed by atoms with E-state index in [1.165, 1.54) is 110 Å². The molecule has 2 aliphatic rings. The van der Waals surface area contributed by atoms with Gasteiger partial charge in [-0.1, -0.05) is 237 Å². The molecular weight excluding hydrogens is 953 g/mol. The summed E-state index contributed by atoms with van der Waals surface area (Å²) >= 11 is 0. The summed E-state index contributed by atoms with van der Waals surface area (Å²) in [5, 5.41) is 4.87. The summed E-state index contributed by atoms with van der Waals surface area (Å²) in [4.78, 5) is 2.51. The number of fused-ring (bicyclic) bond motifs is 14. The molecule has 2 aliphatic carbocycles. The van der Waals surface area contributed by atoms with Gasteiger partial charge in [-0.15, -0.1) is 0 Å². The van der Waals surface area contributed by atoms with E-state index in [0.29, 0.717) is 0 Å².